The minimum atomic E-state index is -0.392. The van der Waals surface area contributed by atoms with Gasteiger partial charge in [0.25, 0.3) is 5.91 Å². The van der Waals surface area contributed by atoms with Crippen molar-refractivity contribution < 1.29 is 19.1 Å². The van der Waals surface area contributed by atoms with Gasteiger partial charge in [0.2, 0.25) is 5.91 Å². The first-order valence-electron chi connectivity index (χ1n) is 9.37. The largest absolute Gasteiger partial charge is 0.493 e. The van der Waals surface area contributed by atoms with Gasteiger partial charge in [0, 0.05) is 12.6 Å². The van der Waals surface area contributed by atoms with Crippen LogP contribution >= 0.6 is 11.6 Å². The number of methoxy groups -OCH3 is 1. The first-order chi connectivity index (χ1) is 14.3. The molecule has 0 spiro atoms. The number of halogens is 1. The Morgan fingerprint density at radius 3 is 2.63 bits per heavy atom. The zero-order valence-corrected chi connectivity index (χ0v) is 18.0. The number of ether oxygens (including phenoxy) is 2. The first-order valence-corrected chi connectivity index (χ1v) is 9.74. The highest BCUT2D eigenvalue weighted by Crippen LogP contribution is 2.37. The zero-order chi connectivity index (χ0) is 22.1. The highest BCUT2D eigenvalue weighted by molar-refractivity contribution is 6.32. The highest BCUT2D eigenvalue weighted by Gasteiger charge is 2.14. The van der Waals surface area contributed by atoms with E-state index in [1.165, 1.54) is 13.2 Å². The molecular formula is C23H25ClN2O4. The fourth-order valence-corrected chi connectivity index (χ4v) is 2.85. The minimum Gasteiger partial charge on any atom is -0.493 e. The van der Waals surface area contributed by atoms with Crippen LogP contribution in [0.2, 0.25) is 5.02 Å². The number of rotatable bonds is 9. The summed E-state index contributed by atoms with van der Waals surface area (Å²) in [6.07, 6.45) is 4.47. The second-order valence-electron chi connectivity index (χ2n) is 6.57. The lowest BCUT2D eigenvalue weighted by Crippen LogP contribution is -2.24. The van der Waals surface area contributed by atoms with Crippen LogP contribution in [0.3, 0.4) is 0 Å². The van der Waals surface area contributed by atoms with Gasteiger partial charge in [-0.1, -0.05) is 29.8 Å². The van der Waals surface area contributed by atoms with E-state index in [2.05, 4.69) is 17.2 Å². The summed E-state index contributed by atoms with van der Waals surface area (Å²) in [6, 6.07) is 10.2. The lowest BCUT2D eigenvalue weighted by molar-refractivity contribution is -0.111. The maximum absolute atomic E-state index is 12.4. The Hall–Kier alpha value is -3.25. The standard InChI is InChI=1S/C23H25ClN2O4/c1-5-12-25-23(28)17-8-6-7-9-19(17)26-21(27)11-10-16-13-18(24)22(30-15(2)3)20(14-16)29-4/h5-11,13-15H,1,12H2,2-4H3,(H,25,28)(H,26,27)/b11-10+. The molecule has 2 aromatic carbocycles. The summed E-state index contributed by atoms with van der Waals surface area (Å²) in [5.74, 6) is 0.235. The van der Waals surface area contributed by atoms with Crippen LogP contribution in [0.15, 0.2) is 55.1 Å². The van der Waals surface area contributed by atoms with Gasteiger partial charge in [-0.2, -0.15) is 0 Å². The molecule has 0 heterocycles. The molecule has 2 aromatic rings. The summed E-state index contributed by atoms with van der Waals surface area (Å²) in [4.78, 5) is 24.6. The molecule has 2 rings (SSSR count). The number of hydrogen-bond acceptors (Lipinski definition) is 4. The van der Waals surface area contributed by atoms with E-state index < -0.39 is 5.91 Å². The molecule has 0 aromatic heterocycles. The van der Waals surface area contributed by atoms with E-state index in [1.54, 1.807) is 48.6 Å². The van der Waals surface area contributed by atoms with E-state index in [0.717, 1.165) is 0 Å². The quantitative estimate of drug-likeness (QED) is 0.448. The molecule has 0 aliphatic rings. The van der Waals surface area contributed by atoms with Crippen molar-refractivity contribution in [1.29, 1.82) is 0 Å². The van der Waals surface area contributed by atoms with E-state index in [9.17, 15) is 9.59 Å². The lowest BCUT2D eigenvalue weighted by atomic mass is 10.1. The molecule has 0 atom stereocenters. The van der Waals surface area contributed by atoms with Crippen LogP contribution in [0.1, 0.15) is 29.8 Å². The second kappa shape index (κ2) is 11.1. The van der Waals surface area contributed by atoms with Crippen molar-refractivity contribution in [3.8, 4) is 11.5 Å². The number of anilines is 1. The monoisotopic (exact) mass is 428 g/mol. The van der Waals surface area contributed by atoms with E-state index in [1.807, 2.05) is 13.8 Å². The third-order valence-corrected chi connectivity index (χ3v) is 4.15. The predicted molar refractivity (Wildman–Crippen MR) is 120 cm³/mol. The van der Waals surface area contributed by atoms with Crippen LogP contribution in [0, 0.1) is 0 Å². The Bertz CT molecular complexity index is 954. The molecule has 158 valence electrons. The van der Waals surface area contributed by atoms with Crippen molar-refractivity contribution in [3.63, 3.8) is 0 Å². The average molecular weight is 429 g/mol. The Labute approximate surface area is 181 Å². The van der Waals surface area contributed by atoms with E-state index >= 15 is 0 Å². The second-order valence-corrected chi connectivity index (χ2v) is 6.97. The van der Waals surface area contributed by atoms with Crippen LogP contribution in [0.25, 0.3) is 6.08 Å². The van der Waals surface area contributed by atoms with Crippen molar-refractivity contribution in [3.05, 3.63) is 71.3 Å². The summed E-state index contributed by atoms with van der Waals surface area (Å²) in [7, 11) is 1.52. The number of amides is 2. The zero-order valence-electron chi connectivity index (χ0n) is 17.2. The molecule has 2 amide bonds. The van der Waals surface area contributed by atoms with E-state index in [4.69, 9.17) is 21.1 Å². The SMILES string of the molecule is C=CCNC(=O)c1ccccc1NC(=O)/C=C/c1cc(Cl)c(OC(C)C)c(OC)c1. The molecule has 6 nitrogen and oxygen atoms in total. The van der Waals surface area contributed by atoms with E-state index in [0.29, 0.717) is 39.9 Å². The molecule has 0 saturated carbocycles. The van der Waals surface area contributed by atoms with Crippen molar-refractivity contribution in [2.45, 2.75) is 20.0 Å². The number of carbonyl (C=O) groups is 2. The van der Waals surface area contributed by atoms with Gasteiger partial charge in [-0.05, 0) is 49.8 Å². The third-order valence-electron chi connectivity index (χ3n) is 3.87. The molecule has 0 bridgehead atoms. The van der Waals surface area contributed by atoms with Gasteiger partial charge in [0.1, 0.15) is 0 Å². The molecular weight excluding hydrogens is 404 g/mol. The van der Waals surface area contributed by atoms with Gasteiger partial charge in [-0.25, -0.2) is 0 Å². The smallest absolute Gasteiger partial charge is 0.253 e. The first kappa shape index (κ1) is 23.0. The van der Waals surface area contributed by atoms with Gasteiger partial charge in [0.15, 0.2) is 11.5 Å². The summed E-state index contributed by atoms with van der Waals surface area (Å²) >= 11 is 6.31. The average Bonchev–Trinajstić information content (AvgIpc) is 2.72. The summed E-state index contributed by atoms with van der Waals surface area (Å²) < 4.78 is 11.0. The third kappa shape index (κ3) is 6.39. The molecule has 2 N–H and O–H groups in total. The summed E-state index contributed by atoms with van der Waals surface area (Å²) in [6.45, 7) is 7.69. The minimum absolute atomic E-state index is 0.0627. The van der Waals surface area contributed by atoms with Crippen LogP contribution in [0.4, 0.5) is 5.69 Å². The van der Waals surface area contributed by atoms with Crippen molar-refractivity contribution in [2.24, 2.45) is 0 Å². The number of nitrogens with one attached hydrogen (secondary N) is 2. The number of para-hydroxylation sites is 1. The number of carbonyl (C=O) groups excluding carboxylic acids is 2. The number of benzene rings is 2. The molecule has 0 aliphatic heterocycles. The van der Waals surface area contributed by atoms with Gasteiger partial charge in [-0.3, -0.25) is 9.59 Å². The molecule has 0 fully saturated rings. The van der Waals surface area contributed by atoms with Gasteiger partial charge < -0.3 is 20.1 Å². The van der Waals surface area contributed by atoms with E-state index in [-0.39, 0.29) is 12.0 Å². The maximum atomic E-state index is 12.4. The van der Waals surface area contributed by atoms with Crippen molar-refractivity contribution in [2.75, 3.05) is 19.0 Å². The van der Waals surface area contributed by atoms with Crippen LogP contribution in [-0.2, 0) is 4.79 Å². The van der Waals surface area contributed by atoms with Crippen LogP contribution in [0.5, 0.6) is 11.5 Å². The Morgan fingerprint density at radius 1 is 1.23 bits per heavy atom. The Kier molecular flexibility index (Phi) is 8.50. The van der Waals surface area contributed by atoms with Gasteiger partial charge in [0.05, 0.1) is 29.5 Å². The Balaban J connectivity index is 2.17. The molecule has 0 saturated heterocycles. The normalized spacial score (nSPS) is 10.7. The summed E-state index contributed by atoms with van der Waals surface area (Å²) in [5, 5.41) is 5.79. The lowest BCUT2D eigenvalue weighted by Gasteiger charge is -2.15. The van der Waals surface area contributed by atoms with Crippen LogP contribution < -0.4 is 20.1 Å². The molecule has 7 heteroatoms. The molecule has 0 unspecified atom stereocenters. The molecule has 30 heavy (non-hydrogen) atoms. The van der Waals surface area contributed by atoms with Gasteiger partial charge >= 0.3 is 0 Å². The predicted octanol–water partition coefficient (Wildman–Crippen LogP) is 4.70. The number of hydrogen-bond donors (Lipinski definition) is 2. The van der Waals surface area contributed by atoms with Gasteiger partial charge in [-0.15, -0.1) is 6.58 Å². The maximum Gasteiger partial charge on any atom is 0.253 e. The molecule has 0 radical (unpaired) electrons. The Morgan fingerprint density at radius 2 is 1.97 bits per heavy atom. The summed E-state index contributed by atoms with van der Waals surface area (Å²) in [5.41, 5.74) is 1.44. The highest BCUT2D eigenvalue weighted by atomic mass is 35.5. The fraction of sp³-hybridized carbons (Fsp3) is 0.217. The van der Waals surface area contributed by atoms with Crippen molar-refractivity contribution in [1.82, 2.24) is 5.32 Å². The molecule has 0 aliphatic carbocycles. The fourth-order valence-electron chi connectivity index (χ4n) is 2.58. The van der Waals surface area contributed by atoms with Crippen molar-refractivity contribution >= 4 is 35.2 Å². The van der Waals surface area contributed by atoms with Crippen LogP contribution in [-0.4, -0.2) is 31.6 Å². The topological polar surface area (TPSA) is 76.7 Å².